The third-order valence-corrected chi connectivity index (χ3v) is 9.39. The smallest absolute Gasteiger partial charge is 0.261 e. The summed E-state index contributed by atoms with van der Waals surface area (Å²) in [4.78, 5) is 3.86. The molecule has 4 rings (SSSR count). The van der Waals surface area contributed by atoms with Crippen LogP contribution < -0.4 is 0 Å². The molecule has 33 heavy (non-hydrogen) atoms. The molecule has 0 atom stereocenters. The predicted molar refractivity (Wildman–Crippen MR) is 123 cm³/mol. The monoisotopic (exact) mass is 488 g/mol. The maximum absolute atomic E-state index is 15.0. The van der Waals surface area contributed by atoms with Gasteiger partial charge < -0.3 is 0 Å². The van der Waals surface area contributed by atoms with Gasteiger partial charge in [-0.1, -0.05) is 44.2 Å². The van der Waals surface area contributed by atoms with E-state index >= 15 is 4.48 Å². The van der Waals surface area contributed by atoms with Crippen molar-refractivity contribution in [3.63, 3.8) is 0 Å². The Bertz CT molecular complexity index is 1390. The van der Waals surface area contributed by atoms with Crippen molar-refractivity contribution in [3.8, 4) is 0 Å². The van der Waals surface area contributed by atoms with Gasteiger partial charge in [-0.25, -0.2) is 16.8 Å². The van der Waals surface area contributed by atoms with Crippen LogP contribution in [0.1, 0.15) is 42.1 Å². The maximum atomic E-state index is 15.0. The van der Waals surface area contributed by atoms with Crippen LogP contribution in [0, 0.1) is 0 Å². The van der Waals surface area contributed by atoms with E-state index in [1.54, 1.807) is 62.5 Å². The number of sulfone groups is 1. The van der Waals surface area contributed by atoms with E-state index in [1.807, 2.05) is 0 Å². The molecule has 174 valence electrons. The number of hydrogen-bond acceptors (Lipinski definition) is 5. The second-order valence-corrected chi connectivity index (χ2v) is 12.0. The van der Waals surface area contributed by atoms with Gasteiger partial charge in [0.2, 0.25) is 9.84 Å². The quantitative estimate of drug-likeness (QED) is 0.484. The minimum atomic E-state index is -4.58. The Morgan fingerprint density at radius 1 is 1.00 bits per heavy atom. The minimum Gasteiger partial charge on any atom is -0.261 e. The largest absolute Gasteiger partial charge is 0.269 e. The fourth-order valence-electron chi connectivity index (χ4n) is 4.08. The normalized spacial score (nSPS) is 15.2. The first-order valence-corrected chi connectivity index (χ1v) is 13.6. The first-order chi connectivity index (χ1) is 15.6. The van der Waals surface area contributed by atoms with Gasteiger partial charge in [-0.3, -0.25) is 4.98 Å². The second-order valence-electron chi connectivity index (χ2n) is 8.35. The highest BCUT2D eigenvalue weighted by Crippen LogP contribution is 2.37. The number of rotatable bonds is 6. The molecular weight excluding hydrogens is 463 g/mol. The molecule has 0 saturated carbocycles. The molecule has 2 aromatic carbocycles. The van der Waals surface area contributed by atoms with Crippen molar-refractivity contribution in [2.24, 2.45) is 0 Å². The van der Waals surface area contributed by atoms with Crippen LogP contribution >= 0.6 is 0 Å². The van der Waals surface area contributed by atoms with Crippen LogP contribution in [0.15, 0.2) is 75.5 Å². The van der Waals surface area contributed by atoms with Crippen LogP contribution in [0.2, 0.25) is 0 Å². The molecule has 6 nitrogen and oxygen atoms in total. The van der Waals surface area contributed by atoms with Crippen molar-refractivity contribution < 1.29 is 21.3 Å². The summed E-state index contributed by atoms with van der Waals surface area (Å²) in [6.45, 7) is 3.18. The molecule has 3 aromatic rings. The average Bonchev–Trinajstić information content (AvgIpc) is 2.91. The standard InChI is InChI=1S/C24H25FN2O4S2/c1-17(2)21-15-19-11-10-18-7-3-4-9-22(18)32(28,29)23(19)16-24(21)33(30,31)27(25)14-12-20-8-5-6-13-26-20/h3-9,13,15-17H,10-12,14H2,1-2H3. The van der Waals surface area contributed by atoms with Crippen molar-refractivity contribution >= 4 is 19.9 Å². The Morgan fingerprint density at radius 3 is 2.39 bits per heavy atom. The van der Waals surface area contributed by atoms with Crippen molar-refractivity contribution in [3.05, 3.63) is 83.2 Å². The van der Waals surface area contributed by atoms with E-state index in [0.29, 0.717) is 35.2 Å². The summed E-state index contributed by atoms with van der Waals surface area (Å²) in [6, 6.07) is 14.6. The zero-order chi connectivity index (χ0) is 23.8. The zero-order valence-electron chi connectivity index (χ0n) is 18.4. The van der Waals surface area contributed by atoms with E-state index in [9.17, 15) is 16.8 Å². The molecule has 0 spiro atoms. The van der Waals surface area contributed by atoms with Gasteiger partial charge in [-0.05, 0) is 64.2 Å². The number of hydrogen-bond donors (Lipinski definition) is 0. The first-order valence-electron chi connectivity index (χ1n) is 10.7. The lowest BCUT2D eigenvalue weighted by Gasteiger charge is -2.20. The SMILES string of the molecule is CC(C)c1cc2c(cc1S(=O)(=O)N(F)CCc1ccccn1)S(=O)(=O)c1ccccc1CC2. The van der Waals surface area contributed by atoms with E-state index in [4.69, 9.17) is 0 Å². The molecule has 0 radical (unpaired) electrons. The fraction of sp³-hybridized carbons (Fsp3) is 0.292. The number of aromatic nitrogens is 1. The van der Waals surface area contributed by atoms with Crippen LogP contribution in [0.5, 0.6) is 0 Å². The minimum absolute atomic E-state index is 0.0754. The van der Waals surface area contributed by atoms with Crippen molar-refractivity contribution in [2.75, 3.05) is 6.54 Å². The molecule has 0 N–H and O–H groups in total. The first kappa shape index (κ1) is 23.5. The van der Waals surface area contributed by atoms with Crippen molar-refractivity contribution in [1.29, 1.82) is 0 Å². The summed E-state index contributed by atoms with van der Waals surface area (Å²) in [6.07, 6.45) is 2.61. The Labute approximate surface area is 194 Å². The van der Waals surface area contributed by atoms with Gasteiger partial charge in [0.1, 0.15) is 0 Å². The van der Waals surface area contributed by atoms with Gasteiger partial charge in [0.25, 0.3) is 10.0 Å². The average molecular weight is 489 g/mol. The van der Waals surface area contributed by atoms with Gasteiger partial charge in [0.05, 0.1) is 21.2 Å². The van der Waals surface area contributed by atoms with Crippen LogP contribution in [-0.2, 0) is 39.1 Å². The van der Waals surface area contributed by atoms with E-state index in [2.05, 4.69) is 4.98 Å². The Balaban J connectivity index is 1.80. The number of nitrogens with zero attached hydrogens (tertiary/aromatic N) is 2. The molecule has 0 aliphatic carbocycles. The third-order valence-electron chi connectivity index (χ3n) is 5.84. The van der Waals surface area contributed by atoms with Crippen molar-refractivity contribution in [1.82, 2.24) is 9.51 Å². The lowest BCUT2D eigenvalue weighted by molar-refractivity contribution is 0.140. The van der Waals surface area contributed by atoms with Crippen LogP contribution in [0.4, 0.5) is 4.48 Å². The highest BCUT2D eigenvalue weighted by molar-refractivity contribution is 7.91. The third kappa shape index (κ3) is 4.45. The van der Waals surface area contributed by atoms with Gasteiger partial charge in [0, 0.05) is 18.3 Å². The fourth-order valence-corrected chi connectivity index (χ4v) is 7.35. The number of sulfonamides is 1. The molecule has 0 bridgehead atoms. The number of halogens is 1. The second kappa shape index (κ2) is 8.96. The highest BCUT2D eigenvalue weighted by Gasteiger charge is 2.34. The summed E-state index contributed by atoms with van der Waals surface area (Å²) < 4.78 is 68.2. The van der Waals surface area contributed by atoms with Gasteiger partial charge in [0.15, 0.2) is 0 Å². The molecule has 0 unspecified atom stereocenters. The van der Waals surface area contributed by atoms with Crippen LogP contribution in [0.3, 0.4) is 0 Å². The van der Waals surface area contributed by atoms with Crippen LogP contribution in [-0.4, -0.2) is 32.9 Å². The van der Waals surface area contributed by atoms with E-state index in [0.717, 1.165) is 6.07 Å². The van der Waals surface area contributed by atoms with E-state index < -0.39 is 26.4 Å². The van der Waals surface area contributed by atoms with Gasteiger partial charge in [-0.15, -0.1) is 4.48 Å². The molecular formula is C24H25FN2O4S2. The summed E-state index contributed by atoms with van der Waals surface area (Å²) in [5.74, 6) is -0.252. The predicted octanol–water partition coefficient (Wildman–Crippen LogP) is 4.25. The number of fused-ring (bicyclic) bond motifs is 2. The maximum Gasteiger partial charge on any atom is 0.269 e. The molecule has 0 amide bonds. The number of benzene rings is 2. The van der Waals surface area contributed by atoms with Gasteiger partial charge >= 0.3 is 0 Å². The molecule has 1 aromatic heterocycles. The summed E-state index contributed by atoms with van der Waals surface area (Å²) in [7, 11) is -8.54. The Hall–Kier alpha value is -2.62. The summed E-state index contributed by atoms with van der Waals surface area (Å²) in [5.41, 5.74) is 2.19. The molecule has 0 saturated heterocycles. The topological polar surface area (TPSA) is 84.4 Å². The highest BCUT2D eigenvalue weighted by atomic mass is 32.2. The zero-order valence-corrected chi connectivity index (χ0v) is 20.0. The lowest BCUT2D eigenvalue weighted by Crippen LogP contribution is -2.27. The summed E-state index contributed by atoms with van der Waals surface area (Å²) in [5, 5.41) is 0. The lowest BCUT2D eigenvalue weighted by atomic mass is 9.97. The molecule has 0 fully saturated rings. The van der Waals surface area contributed by atoms with E-state index in [1.165, 1.54) is 6.07 Å². The van der Waals surface area contributed by atoms with E-state index in [-0.39, 0.29) is 31.6 Å². The summed E-state index contributed by atoms with van der Waals surface area (Å²) >= 11 is 0. The molecule has 1 aliphatic rings. The Kier molecular flexibility index (Phi) is 6.39. The number of pyridine rings is 1. The Morgan fingerprint density at radius 2 is 1.70 bits per heavy atom. The van der Waals surface area contributed by atoms with Crippen molar-refractivity contribution in [2.45, 2.75) is 53.7 Å². The molecule has 9 heteroatoms. The molecule has 1 aliphatic heterocycles. The number of aryl methyl sites for hydroxylation is 2. The molecule has 2 heterocycles. The van der Waals surface area contributed by atoms with Crippen LogP contribution in [0.25, 0.3) is 0 Å². The van der Waals surface area contributed by atoms with Gasteiger partial charge in [-0.2, -0.15) is 0 Å².